The summed E-state index contributed by atoms with van der Waals surface area (Å²) in [7, 11) is 0. The molecular weight excluding hydrogens is 476 g/mol. The van der Waals surface area contributed by atoms with Crippen LogP contribution in [0.2, 0.25) is 0 Å². The number of hydrogen-bond donors (Lipinski definition) is 2. The van der Waals surface area contributed by atoms with Gasteiger partial charge in [0.1, 0.15) is 5.25 Å². The van der Waals surface area contributed by atoms with Crippen LogP contribution in [0.3, 0.4) is 0 Å². The van der Waals surface area contributed by atoms with E-state index in [2.05, 4.69) is 24.5 Å². The van der Waals surface area contributed by atoms with Crippen molar-refractivity contribution in [1.82, 2.24) is 0 Å². The van der Waals surface area contributed by atoms with Gasteiger partial charge in [0.2, 0.25) is 11.8 Å². The Morgan fingerprint density at radius 1 is 0.703 bits per heavy atom. The van der Waals surface area contributed by atoms with E-state index in [1.54, 1.807) is 6.08 Å². The number of anilines is 2. The molecule has 186 valence electrons. The first kappa shape index (κ1) is 26.0. The number of carbonyl (C=O) groups is 2. The number of nitrogens with one attached hydrogen (secondary N) is 2. The minimum absolute atomic E-state index is 0.103. The van der Waals surface area contributed by atoms with E-state index >= 15 is 0 Å². The Morgan fingerprint density at radius 2 is 1.38 bits per heavy atom. The zero-order valence-electron chi connectivity index (χ0n) is 20.9. The van der Waals surface area contributed by atoms with Crippen molar-refractivity contribution in [2.45, 2.75) is 29.9 Å². The van der Waals surface area contributed by atoms with Crippen LogP contribution < -0.4 is 10.6 Å². The van der Waals surface area contributed by atoms with Gasteiger partial charge in [-0.1, -0.05) is 92.7 Å². The van der Waals surface area contributed by atoms with Crippen molar-refractivity contribution in [2.24, 2.45) is 0 Å². The maximum Gasteiger partial charge on any atom is 0.248 e. The first-order valence-electron chi connectivity index (χ1n) is 12.2. The van der Waals surface area contributed by atoms with Gasteiger partial charge < -0.3 is 10.6 Å². The SMILES string of the molecule is CC(C)c1ccc(NC(=O)C(Sc2cccc(NC(=O)/C=C/c3ccccc3)c2)c2ccccc2)cc1. The predicted octanol–water partition coefficient (Wildman–Crippen LogP) is 7.93. The summed E-state index contributed by atoms with van der Waals surface area (Å²) >= 11 is 1.45. The van der Waals surface area contributed by atoms with Gasteiger partial charge in [-0.3, -0.25) is 9.59 Å². The standard InChI is InChI=1S/C32H30N2O2S/c1-23(2)25-17-19-27(20-18-25)34-32(36)31(26-12-7-4-8-13-26)37-29-15-9-14-28(22-29)33-30(35)21-16-24-10-5-3-6-11-24/h3-23,31H,1-2H3,(H,33,35)(H,34,36)/b21-16+. The molecule has 4 nitrogen and oxygen atoms in total. The van der Waals surface area contributed by atoms with Crippen LogP contribution in [0.5, 0.6) is 0 Å². The molecule has 0 saturated heterocycles. The second-order valence-electron chi connectivity index (χ2n) is 8.94. The zero-order chi connectivity index (χ0) is 26.0. The second kappa shape index (κ2) is 12.7. The Labute approximate surface area is 222 Å². The summed E-state index contributed by atoms with van der Waals surface area (Å²) in [5, 5.41) is 5.51. The van der Waals surface area contributed by atoms with Gasteiger partial charge in [0, 0.05) is 22.3 Å². The quantitative estimate of drug-likeness (QED) is 0.179. The fraction of sp³-hybridized carbons (Fsp3) is 0.125. The molecule has 0 fully saturated rings. The molecule has 0 bridgehead atoms. The Bertz CT molecular complexity index is 1350. The normalized spacial score (nSPS) is 11.9. The van der Waals surface area contributed by atoms with Crippen LogP contribution in [-0.4, -0.2) is 11.8 Å². The lowest BCUT2D eigenvalue weighted by Gasteiger charge is -2.18. The molecule has 0 radical (unpaired) electrons. The minimum atomic E-state index is -0.463. The third kappa shape index (κ3) is 7.69. The molecule has 4 rings (SSSR count). The van der Waals surface area contributed by atoms with Gasteiger partial charge in [-0.15, -0.1) is 11.8 Å². The average molecular weight is 507 g/mol. The Kier molecular flexibility index (Phi) is 8.95. The fourth-order valence-corrected chi connectivity index (χ4v) is 4.85. The summed E-state index contributed by atoms with van der Waals surface area (Å²) in [6.07, 6.45) is 3.29. The number of benzene rings is 4. The number of rotatable bonds is 9. The van der Waals surface area contributed by atoms with Gasteiger partial charge >= 0.3 is 0 Å². The van der Waals surface area contributed by atoms with Crippen molar-refractivity contribution in [1.29, 1.82) is 0 Å². The van der Waals surface area contributed by atoms with Crippen molar-refractivity contribution in [3.05, 3.63) is 132 Å². The summed E-state index contributed by atoms with van der Waals surface area (Å²) in [6, 6.07) is 34.9. The Balaban J connectivity index is 1.48. The summed E-state index contributed by atoms with van der Waals surface area (Å²) in [4.78, 5) is 26.7. The molecule has 0 aromatic heterocycles. The summed E-state index contributed by atoms with van der Waals surface area (Å²) in [5.74, 6) is 0.112. The van der Waals surface area contributed by atoms with Gasteiger partial charge in [-0.2, -0.15) is 0 Å². The molecule has 2 amide bonds. The third-order valence-electron chi connectivity index (χ3n) is 5.77. The van der Waals surface area contributed by atoms with Crippen molar-refractivity contribution in [3.63, 3.8) is 0 Å². The van der Waals surface area contributed by atoms with Crippen LogP contribution in [0, 0.1) is 0 Å². The fourth-order valence-electron chi connectivity index (χ4n) is 3.76. The van der Waals surface area contributed by atoms with Crippen molar-refractivity contribution >= 4 is 41.0 Å². The van der Waals surface area contributed by atoms with Gasteiger partial charge in [-0.05, 0) is 59.0 Å². The van der Waals surface area contributed by atoms with E-state index in [-0.39, 0.29) is 11.8 Å². The van der Waals surface area contributed by atoms with Gasteiger partial charge in [0.05, 0.1) is 0 Å². The largest absolute Gasteiger partial charge is 0.325 e. The first-order chi connectivity index (χ1) is 18.0. The molecule has 1 atom stereocenters. The highest BCUT2D eigenvalue weighted by molar-refractivity contribution is 8.00. The molecule has 0 aliphatic heterocycles. The molecule has 1 unspecified atom stereocenters. The molecule has 4 aromatic carbocycles. The first-order valence-corrected chi connectivity index (χ1v) is 13.1. The predicted molar refractivity (Wildman–Crippen MR) is 155 cm³/mol. The van der Waals surface area contributed by atoms with Crippen molar-refractivity contribution in [2.75, 3.05) is 10.6 Å². The number of carbonyl (C=O) groups excluding carboxylic acids is 2. The van der Waals surface area contributed by atoms with Crippen LogP contribution in [0.4, 0.5) is 11.4 Å². The van der Waals surface area contributed by atoms with Gasteiger partial charge in [0.15, 0.2) is 0 Å². The van der Waals surface area contributed by atoms with Crippen LogP contribution >= 0.6 is 11.8 Å². The van der Waals surface area contributed by atoms with E-state index in [0.717, 1.165) is 21.7 Å². The van der Waals surface area contributed by atoms with E-state index in [0.29, 0.717) is 11.6 Å². The molecule has 0 saturated carbocycles. The van der Waals surface area contributed by atoms with Gasteiger partial charge in [0.25, 0.3) is 0 Å². The lowest BCUT2D eigenvalue weighted by molar-refractivity contribution is -0.116. The second-order valence-corrected chi connectivity index (χ2v) is 10.1. The smallest absolute Gasteiger partial charge is 0.248 e. The zero-order valence-corrected chi connectivity index (χ0v) is 21.7. The lowest BCUT2D eigenvalue weighted by Crippen LogP contribution is -2.19. The molecule has 4 aromatic rings. The van der Waals surface area contributed by atoms with Crippen LogP contribution in [0.15, 0.2) is 120 Å². The number of thioether (sulfide) groups is 1. The van der Waals surface area contributed by atoms with Crippen molar-refractivity contribution < 1.29 is 9.59 Å². The van der Waals surface area contributed by atoms with E-state index in [4.69, 9.17) is 0 Å². The van der Waals surface area contributed by atoms with Crippen LogP contribution in [0.1, 0.15) is 41.7 Å². The topological polar surface area (TPSA) is 58.2 Å². The Morgan fingerprint density at radius 3 is 2.05 bits per heavy atom. The highest BCUT2D eigenvalue weighted by atomic mass is 32.2. The monoisotopic (exact) mass is 506 g/mol. The third-order valence-corrected chi connectivity index (χ3v) is 7.02. The van der Waals surface area contributed by atoms with Crippen molar-refractivity contribution in [3.8, 4) is 0 Å². The molecular formula is C32H30N2O2S. The van der Waals surface area contributed by atoms with E-state index < -0.39 is 5.25 Å². The summed E-state index contributed by atoms with van der Waals surface area (Å²) in [6.45, 7) is 4.29. The van der Waals surface area contributed by atoms with Gasteiger partial charge in [-0.25, -0.2) is 0 Å². The maximum absolute atomic E-state index is 13.4. The highest BCUT2D eigenvalue weighted by Gasteiger charge is 2.22. The highest BCUT2D eigenvalue weighted by Crippen LogP contribution is 2.37. The summed E-state index contributed by atoms with van der Waals surface area (Å²) in [5.41, 5.74) is 4.53. The number of hydrogen-bond acceptors (Lipinski definition) is 3. The molecule has 5 heteroatoms. The van der Waals surface area contributed by atoms with Crippen LogP contribution in [-0.2, 0) is 9.59 Å². The minimum Gasteiger partial charge on any atom is -0.325 e. The maximum atomic E-state index is 13.4. The summed E-state index contributed by atoms with van der Waals surface area (Å²) < 4.78 is 0. The average Bonchev–Trinajstić information content (AvgIpc) is 2.92. The van der Waals surface area contributed by atoms with E-state index in [9.17, 15) is 9.59 Å². The Hall–Kier alpha value is -4.09. The van der Waals surface area contributed by atoms with Crippen LogP contribution in [0.25, 0.3) is 6.08 Å². The molecule has 2 N–H and O–H groups in total. The molecule has 0 heterocycles. The molecule has 0 spiro atoms. The molecule has 37 heavy (non-hydrogen) atoms. The van der Waals surface area contributed by atoms with E-state index in [1.807, 2.05) is 109 Å². The van der Waals surface area contributed by atoms with E-state index in [1.165, 1.54) is 23.4 Å². The molecule has 0 aliphatic rings. The number of amides is 2. The lowest BCUT2D eigenvalue weighted by atomic mass is 10.0. The molecule has 0 aliphatic carbocycles.